The van der Waals surface area contributed by atoms with Crippen LogP contribution in [-0.2, 0) is 9.47 Å². The number of methoxy groups -OCH3 is 1. The molecule has 1 aromatic heterocycles. The van der Waals surface area contributed by atoms with Gasteiger partial charge in [0.1, 0.15) is 0 Å². The van der Waals surface area contributed by atoms with Gasteiger partial charge in [0.25, 0.3) is 0 Å². The fourth-order valence-electron chi connectivity index (χ4n) is 4.13. The van der Waals surface area contributed by atoms with Gasteiger partial charge in [0.15, 0.2) is 5.96 Å². The lowest BCUT2D eigenvalue weighted by molar-refractivity contribution is 0.0176. The highest BCUT2D eigenvalue weighted by Crippen LogP contribution is 2.43. The van der Waals surface area contributed by atoms with Crippen LogP contribution < -0.4 is 10.6 Å². The van der Waals surface area contributed by atoms with Gasteiger partial charge in [-0.3, -0.25) is 9.89 Å². The molecule has 1 aromatic rings. The van der Waals surface area contributed by atoms with Crippen LogP contribution in [0.2, 0.25) is 0 Å². The Hall–Kier alpha value is -1.15. The lowest BCUT2D eigenvalue weighted by Gasteiger charge is -2.42. The van der Waals surface area contributed by atoms with Crippen LogP contribution in [0.5, 0.6) is 0 Å². The number of hydrogen-bond donors (Lipinski definition) is 2. The molecule has 1 atom stereocenters. The third-order valence-electron chi connectivity index (χ3n) is 6.14. The van der Waals surface area contributed by atoms with E-state index in [1.807, 2.05) is 18.4 Å². The average molecular weight is 409 g/mol. The summed E-state index contributed by atoms with van der Waals surface area (Å²) in [6, 6.07) is 4.84. The lowest BCUT2D eigenvalue weighted by atomic mass is 9.67. The average Bonchev–Trinajstić information content (AvgIpc) is 3.12. The van der Waals surface area contributed by atoms with Crippen LogP contribution in [0.15, 0.2) is 17.1 Å². The van der Waals surface area contributed by atoms with Gasteiger partial charge in [-0.25, -0.2) is 0 Å². The smallest absolute Gasteiger partial charge is 0.191 e. The standard InChI is InChI=1S/C21H36N4O2S/c1-17-5-6-19(28-17)18(25-10-13-27-14-11-25)15-23-20(22-2)24-16-21(7-4-8-21)9-12-26-3/h5-6,18H,4,7-16H2,1-3H3,(H2,22,23,24). The van der Waals surface area contributed by atoms with Crippen LogP contribution in [0, 0.1) is 12.3 Å². The summed E-state index contributed by atoms with van der Waals surface area (Å²) >= 11 is 1.89. The second kappa shape index (κ2) is 10.6. The Morgan fingerprint density at radius 2 is 2.11 bits per heavy atom. The van der Waals surface area contributed by atoms with Crippen molar-refractivity contribution in [1.29, 1.82) is 0 Å². The SMILES string of the molecule is CN=C(NCC(c1ccc(C)s1)N1CCOCC1)NCC1(CCOC)CCC1. The van der Waals surface area contributed by atoms with Gasteiger partial charge < -0.3 is 20.1 Å². The lowest BCUT2D eigenvalue weighted by Crippen LogP contribution is -2.49. The molecular weight excluding hydrogens is 372 g/mol. The van der Waals surface area contributed by atoms with Crippen molar-refractivity contribution < 1.29 is 9.47 Å². The van der Waals surface area contributed by atoms with Gasteiger partial charge in [-0.2, -0.15) is 0 Å². The van der Waals surface area contributed by atoms with Gasteiger partial charge in [-0.05, 0) is 43.7 Å². The first-order valence-electron chi connectivity index (χ1n) is 10.5. The Morgan fingerprint density at radius 3 is 2.68 bits per heavy atom. The molecule has 0 aromatic carbocycles. The maximum absolute atomic E-state index is 5.56. The van der Waals surface area contributed by atoms with Crippen molar-refractivity contribution in [2.24, 2.45) is 10.4 Å². The number of hydrogen-bond acceptors (Lipinski definition) is 5. The van der Waals surface area contributed by atoms with Crippen molar-refractivity contribution in [1.82, 2.24) is 15.5 Å². The molecule has 0 radical (unpaired) electrons. The maximum Gasteiger partial charge on any atom is 0.191 e. The largest absolute Gasteiger partial charge is 0.385 e. The van der Waals surface area contributed by atoms with E-state index in [1.165, 1.54) is 29.0 Å². The third-order valence-corrected chi connectivity index (χ3v) is 7.25. The first kappa shape index (κ1) is 21.6. The normalized spacial score (nSPS) is 21.2. The predicted octanol–water partition coefficient (Wildman–Crippen LogP) is 2.80. The number of nitrogens with zero attached hydrogens (tertiary/aromatic N) is 2. The van der Waals surface area contributed by atoms with Crippen LogP contribution in [0.1, 0.15) is 41.5 Å². The predicted molar refractivity (Wildman–Crippen MR) is 116 cm³/mol. The van der Waals surface area contributed by atoms with Gasteiger partial charge in [-0.1, -0.05) is 6.42 Å². The van der Waals surface area contributed by atoms with Crippen molar-refractivity contribution in [2.45, 2.75) is 38.6 Å². The Kier molecular flexibility index (Phi) is 8.14. The second-order valence-electron chi connectivity index (χ2n) is 8.02. The summed E-state index contributed by atoms with van der Waals surface area (Å²) in [5.41, 5.74) is 0.377. The number of thiophene rings is 1. The molecule has 2 heterocycles. The highest BCUT2D eigenvalue weighted by Gasteiger charge is 2.36. The summed E-state index contributed by atoms with van der Waals surface area (Å²) in [6.07, 6.45) is 5.02. The van der Waals surface area contributed by atoms with E-state index >= 15 is 0 Å². The van der Waals surface area contributed by atoms with Gasteiger partial charge >= 0.3 is 0 Å². The van der Waals surface area contributed by atoms with Crippen molar-refractivity contribution >= 4 is 17.3 Å². The van der Waals surface area contributed by atoms with E-state index in [0.29, 0.717) is 11.5 Å². The Balaban J connectivity index is 1.56. The number of nitrogens with one attached hydrogen (secondary N) is 2. The van der Waals surface area contributed by atoms with Crippen molar-refractivity contribution in [3.8, 4) is 0 Å². The molecule has 3 rings (SSSR count). The third kappa shape index (κ3) is 5.69. The van der Waals surface area contributed by atoms with Gasteiger partial charge in [0, 0.05) is 56.7 Å². The number of rotatable bonds is 9. The molecule has 1 unspecified atom stereocenters. The minimum Gasteiger partial charge on any atom is -0.385 e. The summed E-state index contributed by atoms with van der Waals surface area (Å²) in [5, 5.41) is 7.16. The molecular formula is C21H36N4O2S. The zero-order chi connectivity index (χ0) is 19.8. The molecule has 1 aliphatic heterocycles. The van der Waals surface area contributed by atoms with Crippen LogP contribution in [-0.4, -0.2) is 71.0 Å². The first-order valence-corrected chi connectivity index (χ1v) is 11.3. The minimum atomic E-state index is 0.354. The zero-order valence-corrected chi connectivity index (χ0v) is 18.4. The number of ether oxygens (including phenoxy) is 2. The molecule has 158 valence electrons. The van der Waals surface area contributed by atoms with Crippen LogP contribution in [0.3, 0.4) is 0 Å². The van der Waals surface area contributed by atoms with Gasteiger partial charge in [-0.15, -0.1) is 11.3 Å². The zero-order valence-electron chi connectivity index (χ0n) is 17.6. The summed E-state index contributed by atoms with van der Waals surface area (Å²) in [4.78, 5) is 9.77. The summed E-state index contributed by atoms with van der Waals surface area (Å²) in [7, 11) is 3.65. The number of aliphatic imine (C=N–C) groups is 1. The van der Waals surface area contributed by atoms with Crippen molar-refractivity contribution in [2.75, 3.05) is 60.2 Å². The minimum absolute atomic E-state index is 0.354. The van der Waals surface area contributed by atoms with E-state index in [2.05, 4.69) is 39.6 Å². The topological polar surface area (TPSA) is 58.1 Å². The van der Waals surface area contributed by atoms with E-state index in [4.69, 9.17) is 9.47 Å². The fraction of sp³-hybridized carbons (Fsp3) is 0.762. The number of morpholine rings is 1. The van der Waals surface area contributed by atoms with Crippen LogP contribution >= 0.6 is 11.3 Å². The second-order valence-corrected chi connectivity index (χ2v) is 9.34. The molecule has 6 nitrogen and oxygen atoms in total. The van der Waals surface area contributed by atoms with Crippen molar-refractivity contribution in [3.63, 3.8) is 0 Å². The quantitative estimate of drug-likeness (QED) is 0.486. The monoisotopic (exact) mass is 408 g/mol. The molecule has 2 N–H and O–H groups in total. The van der Waals surface area contributed by atoms with E-state index in [0.717, 1.165) is 58.4 Å². The van der Waals surface area contributed by atoms with Crippen LogP contribution in [0.25, 0.3) is 0 Å². The maximum atomic E-state index is 5.56. The molecule has 0 spiro atoms. The van der Waals surface area contributed by atoms with Crippen LogP contribution in [0.4, 0.5) is 0 Å². The Morgan fingerprint density at radius 1 is 1.32 bits per heavy atom. The Bertz CT molecular complexity index is 624. The molecule has 0 amide bonds. The molecule has 1 saturated carbocycles. The fourth-order valence-corrected chi connectivity index (χ4v) is 5.14. The van der Waals surface area contributed by atoms with Gasteiger partial charge in [0.2, 0.25) is 0 Å². The molecule has 2 aliphatic rings. The molecule has 1 saturated heterocycles. The van der Waals surface area contributed by atoms with Crippen molar-refractivity contribution in [3.05, 3.63) is 21.9 Å². The molecule has 28 heavy (non-hydrogen) atoms. The van der Waals surface area contributed by atoms with Gasteiger partial charge in [0.05, 0.1) is 19.3 Å². The molecule has 2 fully saturated rings. The number of aryl methyl sites for hydroxylation is 1. The highest BCUT2D eigenvalue weighted by atomic mass is 32.1. The summed E-state index contributed by atoms with van der Waals surface area (Å²) in [5.74, 6) is 0.898. The van der Waals surface area contributed by atoms with E-state index in [1.54, 1.807) is 7.11 Å². The van der Waals surface area contributed by atoms with E-state index < -0.39 is 0 Å². The summed E-state index contributed by atoms with van der Waals surface area (Å²) < 4.78 is 10.9. The van der Waals surface area contributed by atoms with E-state index in [9.17, 15) is 0 Å². The summed E-state index contributed by atoms with van der Waals surface area (Å²) in [6.45, 7) is 8.43. The number of guanidine groups is 1. The molecule has 1 aliphatic carbocycles. The molecule has 7 heteroatoms. The highest BCUT2D eigenvalue weighted by molar-refractivity contribution is 7.12. The first-order chi connectivity index (χ1) is 13.7. The van der Waals surface area contributed by atoms with E-state index in [-0.39, 0.29) is 0 Å². The Labute approximate surface area is 173 Å². The molecule has 0 bridgehead atoms.